The number of hydrogen-bond acceptors (Lipinski definition) is 5. The summed E-state index contributed by atoms with van der Waals surface area (Å²) in [5.74, 6) is -0.0651. The molecule has 1 aromatic carbocycles. The number of unbranched alkanes of at least 4 members (excludes halogenated alkanes) is 1. The number of aromatic amines is 1. The van der Waals surface area contributed by atoms with Gasteiger partial charge in [0.15, 0.2) is 5.75 Å². The molecule has 0 saturated carbocycles. The van der Waals surface area contributed by atoms with E-state index in [0.29, 0.717) is 17.7 Å². The van der Waals surface area contributed by atoms with Crippen molar-refractivity contribution in [2.45, 2.75) is 26.7 Å². The zero-order valence-corrected chi connectivity index (χ0v) is 19.5. The number of aromatic nitrogens is 1. The van der Waals surface area contributed by atoms with E-state index < -0.39 is 7.82 Å². The maximum absolute atomic E-state index is 12.9. The minimum absolute atomic E-state index is 0.0651. The average molecular weight is 533 g/mol. The van der Waals surface area contributed by atoms with Crippen molar-refractivity contribution in [3.05, 3.63) is 49.5 Å². The molecule has 1 aliphatic heterocycles. The maximum atomic E-state index is 12.9. The number of benzene rings is 2. The molecule has 9 heteroatoms. The summed E-state index contributed by atoms with van der Waals surface area (Å²) >= 11 is 7.01. The second-order valence-electron chi connectivity index (χ2n) is 6.09. The molecule has 1 aromatic rings. The van der Waals surface area contributed by atoms with Gasteiger partial charge in [0, 0.05) is 10.0 Å². The van der Waals surface area contributed by atoms with Crippen LogP contribution in [0.15, 0.2) is 44.1 Å². The highest BCUT2D eigenvalue weighted by Gasteiger charge is 2.29. The van der Waals surface area contributed by atoms with Crippen LogP contribution in [0.25, 0.3) is 22.2 Å². The van der Waals surface area contributed by atoms with Crippen molar-refractivity contribution in [2.24, 2.45) is 0 Å². The molecule has 0 fully saturated rings. The Morgan fingerprint density at radius 1 is 1.11 bits per heavy atom. The first kappa shape index (κ1) is 21.5. The quantitative estimate of drug-likeness (QED) is 0.203. The molecule has 1 heterocycles. The van der Waals surface area contributed by atoms with Crippen LogP contribution in [0, 0.1) is 0 Å². The molecular formula is C19H20Br2NO5P. The summed E-state index contributed by atoms with van der Waals surface area (Å²) in [5, 5.41) is 0.851. The van der Waals surface area contributed by atoms with Crippen LogP contribution in [0.5, 0.6) is 5.75 Å². The average Bonchev–Trinajstić information content (AvgIpc) is 2.67. The molecule has 0 bridgehead atoms. The molecule has 1 unspecified atom stereocenters. The van der Waals surface area contributed by atoms with E-state index in [1.807, 2.05) is 19.1 Å². The smallest absolute Gasteiger partial charge is 0.400 e. The summed E-state index contributed by atoms with van der Waals surface area (Å²) in [5.41, 5.74) is 1.55. The Morgan fingerprint density at radius 2 is 1.89 bits per heavy atom. The summed E-state index contributed by atoms with van der Waals surface area (Å²) in [6.07, 6.45) is 1.59. The Balaban J connectivity index is 2.03. The molecule has 150 valence electrons. The first-order valence-electron chi connectivity index (χ1n) is 8.91. The molecular weight excluding hydrogens is 513 g/mol. The van der Waals surface area contributed by atoms with E-state index in [2.05, 4.69) is 36.8 Å². The highest BCUT2D eigenvalue weighted by Crippen LogP contribution is 2.49. The second kappa shape index (κ2) is 9.09. The van der Waals surface area contributed by atoms with Crippen LogP contribution in [0.3, 0.4) is 0 Å². The van der Waals surface area contributed by atoms with E-state index in [1.165, 1.54) is 6.07 Å². The first-order valence-corrected chi connectivity index (χ1v) is 12.0. The Hall–Kier alpha value is -1.18. The molecule has 1 aliphatic carbocycles. The van der Waals surface area contributed by atoms with Gasteiger partial charge in [-0.25, -0.2) is 4.57 Å². The van der Waals surface area contributed by atoms with Crippen molar-refractivity contribution in [1.29, 1.82) is 0 Å². The third-order valence-electron chi connectivity index (χ3n) is 4.09. The molecule has 0 amide bonds. The SMILES string of the molecule is CCCCOP(=O)(OCC)Oc1ccc2[nH]c3c(Br)c(Br)ccc3cc-2c1=O. The normalized spacial score (nSPS) is 13.7. The third kappa shape index (κ3) is 4.52. The van der Waals surface area contributed by atoms with E-state index in [0.717, 1.165) is 26.3 Å². The lowest BCUT2D eigenvalue weighted by molar-refractivity contribution is 0.159. The monoisotopic (exact) mass is 531 g/mol. The van der Waals surface area contributed by atoms with Gasteiger partial charge in [-0.15, -0.1) is 0 Å². The fourth-order valence-corrected chi connectivity index (χ4v) is 4.72. The third-order valence-corrected chi connectivity index (χ3v) is 7.60. The predicted octanol–water partition coefficient (Wildman–Crippen LogP) is 6.50. The van der Waals surface area contributed by atoms with Gasteiger partial charge in [0.25, 0.3) is 0 Å². The number of rotatable bonds is 8. The van der Waals surface area contributed by atoms with Gasteiger partial charge in [0.2, 0.25) is 5.43 Å². The minimum atomic E-state index is -3.86. The van der Waals surface area contributed by atoms with E-state index in [-0.39, 0.29) is 24.4 Å². The number of phosphoric acid groups is 1. The van der Waals surface area contributed by atoms with Gasteiger partial charge >= 0.3 is 7.82 Å². The van der Waals surface area contributed by atoms with Crippen molar-refractivity contribution < 1.29 is 18.1 Å². The number of nitrogens with one attached hydrogen (secondary N) is 1. The molecule has 6 nitrogen and oxygen atoms in total. The topological polar surface area (TPSA) is 77.6 Å². The van der Waals surface area contributed by atoms with Crippen LogP contribution in [0.2, 0.25) is 0 Å². The fourth-order valence-electron chi connectivity index (χ4n) is 2.70. The summed E-state index contributed by atoms with van der Waals surface area (Å²) in [6.45, 7) is 4.06. The van der Waals surface area contributed by atoms with Crippen molar-refractivity contribution in [3.8, 4) is 17.0 Å². The lowest BCUT2D eigenvalue weighted by Gasteiger charge is -2.18. The van der Waals surface area contributed by atoms with Crippen LogP contribution in [-0.2, 0) is 13.6 Å². The van der Waals surface area contributed by atoms with Gasteiger partial charge < -0.3 is 9.51 Å². The van der Waals surface area contributed by atoms with Crippen molar-refractivity contribution in [3.63, 3.8) is 0 Å². The van der Waals surface area contributed by atoms with Crippen molar-refractivity contribution >= 4 is 50.6 Å². The number of pyridine rings is 1. The standard InChI is InChI=1S/C19H20Br2NO5P/c1-3-5-10-26-28(24,25-4-2)27-16-9-8-15-13(19(16)23)11-12-6-7-14(20)17(21)18(12)22-15/h6-9,11,22H,3-5,10H2,1-2H3. The highest BCUT2D eigenvalue weighted by molar-refractivity contribution is 9.13. The summed E-state index contributed by atoms with van der Waals surface area (Å²) in [4.78, 5) is 16.2. The first-order chi connectivity index (χ1) is 13.4. The zero-order valence-electron chi connectivity index (χ0n) is 15.5. The minimum Gasteiger partial charge on any atom is -0.400 e. The Labute approximate surface area is 179 Å². The van der Waals surface area contributed by atoms with E-state index >= 15 is 0 Å². The van der Waals surface area contributed by atoms with Crippen LogP contribution < -0.4 is 9.95 Å². The molecule has 0 spiro atoms. The van der Waals surface area contributed by atoms with Crippen LogP contribution in [-0.4, -0.2) is 18.2 Å². The number of fused-ring (bicyclic) bond motifs is 2. The van der Waals surface area contributed by atoms with Crippen molar-refractivity contribution in [1.82, 2.24) is 4.98 Å². The molecule has 3 rings (SSSR count). The van der Waals surface area contributed by atoms with Gasteiger partial charge in [0.1, 0.15) is 0 Å². The van der Waals surface area contributed by atoms with Gasteiger partial charge in [-0.3, -0.25) is 13.8 Å². The summed E-state index contributed by atoms with van der Waals surface area (Å²) in [7, 11) is -3.86. The lowest BCUT2D eigenvalue weighted by atomic mass is 10.1. The fraction of sp³-hybridized carbons (Fsp3) is 0.316. The molecule has 0 saturated heterocycles. The van der Waals surface area contributed by atoms with Crippen molar-refractivity contribution in [2.75, 3.05) is 13.2 Å². The Kier molecular flexibility index (Phi) is 6.99. The van der Waals surface area contributed by atoms with E-state index in [1.54, 1.807) is 19.1 Å². The molecule has 1 atom stereocenters. The van der Waals surface area contributed by atoms with Crippen LogP contribution >= 0.6 is 39.7 Å². The van der Waals surface area contributed by atoms with Crippen LogP contribution in [0.1, 0.15) is 26.7 Å². The summed E-state index contributed by atoms with van der Waals surface area (Å²) < 4.78 is 30.6. The number of halogens is 2. The molecule has 0 aromatic heterocycles. The van der Waals surface area contributed by atoms with Gasteiger partial charge in [-0.2, -0.15) is 0 Å². The second-order valence-corrected chi connectivity index (χ2v) is 9.33. The summed E-state index contributed by atoms with van der Waals surface area (Å²) in [6, 6.07) is 8.75. The molecule has 0 radical (unpaired) electrons. The van der Waals surface area contributed by atoms with E-state index in [9.17, 15) is 9.36 Å². The number of phosphoric ester groups is 1. The number of H-pyrrole nitrogens is 1. The zero-order chi connectivity index (χ0) is 20.3. The largest absolute Gasteiger partial charge is 0.530 e. The molecule has 28 heavy (non-hydrogen) atoms. The van der Waals surface area contributed by atoms with Crippen LogP contribution in [0.4, 0.5) is 0 Å². The molecule has 1 N–H and O–H groups in total. The lowest BCUT2D eigenvalue weighted by Crippen LogP contribution is -2.13. The Morgan fingerprint density at radius 3 is 2.61 bits per heavy atom. The highest BCUT2D eigenvalue weighted by atomic mass is 79.9. The Bertz CT molecular complexity index is 1070. The predicted molar refractivity (Wildman–Crippen MR) is 117 cm³/mol. The van der Waals surface area contributed by atoms with Gasteiger partial charge in [-0.1, -0.05) is 19.4 Å². The van der Waals surface area contributed by atoms with Gasteiger partial charge in [-0.05, 0) is 74.9 Å². The number of hydrogen-bond donors (Lipinski definition) is 1. The van der Waals surface area contributed by atoms with E-state index in [4.69, 9.17) is 13.6 Å². The van der Waals surface area contributed by atoms with Gasteiger partial charge in [0.05, 0.1) is 28.9 Å². The molecule has 2 aliphatic rings. The maximum Gasteiger partial charge on any atom is 0.530 e.